The second kappa shape index (κ2) is 6.34. The fraction of sp³-hybridized carbons (Fsp3) is 0.538. The minimum Gasteiger partial charge on any atom is -0.331 e. The number of rotatable bonds is 6. The third-order valence-electron chi connectivity index (χ3n) is 3.15. The van der Waals surface area contributed by atoms with Crippen LogP contribution in [0.4, 0.5) is 0 Å². The average molecular weight is 326 g/mol. The fourth-order valence-electron chi connectivity index (χ4n) is 2.04. The molecule has 0 aromatic carbocycles. The molecule has 104 valence electrons. The van der Waals surface area contributed by atoms with Gasteiger partial charge in [-0.3, -0.25) is 4.68 Å². The van der Waals surface area contributed by atoms with Crippen molar-refractivity contribution < 1.29 is 0 Å². The summed E-state index contributed by atoms with van der Waals surface area (Å²) in [7, 11) is 3.94. The van der Waals surface area contributed by atoms with Gasteiger partial charge in [-0.2, -0.15) is 5.10 Å². The molecule has 19 heavy (non-hydrogen) atoms. The summed E-state index contributed by atoms with van der Waals surface area (Å²) in [6.45, 7) is 3.85. The van der Waals surface area contributed by atoms with Gasteiger partial charge in [0.25, 0.3) is 0 Å². The SMILES string of the molecule is CCc1nn(C)c(Cn2cnc(CCNC)c2)c1Br. The molecule has 0 amide bonds. The van der Waals surface area contributed by atoms with Crippen molar-refractivity contribution in [3.8, 4) is 0 Å². The van der Waals surface area contributed by atoms with E-state index in [1.165, 1.54) is 5.69 Å². The smallest absolute Gasteiger partial charge is 0.0953 e. The third kappa shape index (κ3) is 3.25. The van der Waals surface area contributed by atoms with Gasteiger partial charge < -0.3 is 9.88 Å². The number of hydrogen-bond donors (Lipinski definition) is 1. The van der Waals surface area contributed by atoms with E-state index >= 15 is 0 Å². The lowest BCUT2D eigenvalue weighted by atomic mass is 10.3. The Kier molecular flexibility index (Phi) is 4.76. The summed E-state index contributed by atoms with van der Waals surface area (Å²) in [5.41, 5.74) is 3.39. The van der Waals surface area contributed by atoms with Crippen LogP contribution in [0.5, 0.6) is 0 Å². The monoisotopic (exact) mass is 325 g/mol. The van der Waals surface area contributed by atoms with Crippen LogP contribution in [0, 0.1) is 0 Å². The van der Waals surface area contributed by atoms with Crippen LogP contribution in [0.25, 0.3) is 0 Å². The molecule has 6 heteroatoms. The Morgan fingerprint density at radius 2 is 2.21 bits per heavy atom. The predicted molar refractivity (Wildman–Crippen MR) is 79.2 cm³/mol. The standard InChI is InChI=1S/C13H20BrN5/c1-4-11-13(14)12(18(3)17-11)8-19-7-10(16-9-19)5-6-15-2/h7,9,15H,4-6,8H2,1-3H3. The highest BCUT2D eigenvalue weighted by Gasteiger charge is 2.12. The number of nitrogens with one attached hydrogen (secondary N) is 1. The molecule has 0 aliphatic heterocycles. The molecule has 0 aliphatic carbocycles. The Hall–Kier alpha value is -1.14. The van der Waals surface area contributed by atoms with Crippen LogP contribution in [-0.4, -0.2) is 32.9 Å². The zero-order chi connectivity index (χ0) is 13.8. The van der Waals surface area contributed by atoms with Gasteiger partial charge in [0.05, 0.1) is 34.4 Å². The molecular weight excluding hydrogens is 306 g/mol. The maximum absolute atomic E-state index is 4.51. The molecule has 5 nitrogen and oxygen atoms in total. The highest BCUT2D eigenvalue weighted by atomic mass is 79.9. The lowest BCUT2D eigenvalue weighted by Crippen LogP contribution is -2.10. The van der Waals surface area contributed by atoms with E-state index in [4.69, 9.17) is 0 Å². The summed E-state index contributed by atoms with van der Waals surface area (Å²) in [5, 5.41) is 7.64. The first-order valence-electron chi connectivity index (χ1n) is 6.51. The second-order valence-corrected chi connectivity index (χ2v) is 5.37. The van der Waals surface area contributed by atoms with Gasteiger partial charge in [0.15, 0.2) is 0 Å². The Morgan fingerprint density at radius 1 is 1.42 bits per heavy atom. The molecule has 0 unspecified atom stereocenters. The van der Waals surface area contributed by atoms with E-state index in [-0.39, 0.29) is 0 Å². The van der Waals surface area contributed by atoms with Gasteiger partial charge in [-0.15, -0.1) is 0 Å². The highest BCUT2D eigenvalue weighted by Crippen LogP contribution is 2.22. The minimum atomic E-state index is 0.788. The van der Waals surface area contributed by atoms with E-state index in [2.05, 4.69) is 49.0 Å². The largest absolute Gasteiger partial charge is 0.331 e. The molecule has 0 saturated carbocycles. The first-order chi connectivity index (χ1) is 9.15. The Bertz CT molecular complexity index is 543. The van der Waals surface area contributed by atoms with Crippen molar-refractivity contribution in [2.24, 2.45) is 7.05 Å². The number of aromatic nitrogens is 4. The molecule has 0 atom stereocenters. The van der Waals surface area contributed by atoms with Gasteiger partial charge in [-0.25, -0.2) is 4.98 Å². The number of hydrogen-bond acceptors (Lipinski definition) is 3. The maximum atomic E-state index is 4.51. The van der Waals surface area contributed by atoms with Crippen molar-refractivity contribution in [3.05, 3.63) is 34.1 Å². The van der Waals surface area contributed by atoms with Gasteiger partial charge in [0, 0.05) is 26.2 Å². The highest BCUT2D eigenvalue weighted by molar-refractivity contribution is 9.10. The Balaban J connectivity index is 2.12. The minimum absolute atomic E-state index is 0.788. The van der Waals surface area contributed by atoms with Gasteiger partial charge in [-0.1, -0.05) is 6.92 Å². The molecule has 2 aromatic rings. The number of likely N-dealkylation sites (N-methyl/N-ethyl adjacent to an activating group) is 1. The Labute approximate surface area is 122 Å². The predicted octanol–water partition coefficient (Wildman–Crippen LogP) is 1.75. The van der Waals surface area contributed by atoms with Crippen molar-refractivity contribution in [3.63, 3.8) is 0 Å². The number of nitrogens with zero attached hydrogens (tertiary/aromatic N) is 4. The summed E-state index contributed by atoms with van der Waals surface area (Å²) < 4.78 is 5.16. The zero-order valence-corrected chi connectivity index (χ0v) is 13.2. The van der Waals surface area contributed by atoms with Crippen LogP contribution in [0.2, 0.25) is 0 Å². The first-order valence-corrected chi connectivity index (χ1v) is 7.30. The van der Waals surface area contributed by atoms with Crippen LogP contribution in [0.15, 0.2) is 17.0 Å². The van der Waals surface area contributed by atoms with Crippen molar-refractivity contribution in [2.45, 2.75) is 26.3 Å². The number of aryl methyl sites for hydroxylation is 2. The Morgan fingerprint density at radius 3 is 2.84 bits per heavy atom. The fourth-order valence-corrected chi connectivity index (χ4v) is 2.78. The molecule has 0 aliphatic rings. The van der Waals surface area contributed by atoms with E-state index in [1.54, 1.807) is 0 Å². The van der Waals surface area contributed by atoms with Gasteiger partial charge in [0.1, 0.15) is 0 Å². The van der Waals surface area contributed by atoms with Gasteiger partial charge >= 0.3 is 0 Å². The average Bonchev–Trinajstić information content (AvgIpc) is 2.96. The van der Waals surface area contributed by atoms with Crippen molar-refractivity contribution in [2.75, 3.05) is 13.6 Å². The number of imidazole rings is 1. The van der Waals surface area contributed by atoms with Crippen LogP contribution in [0.3, 0.4) is 0 Å². The van der Waals surface area contributed by atoms with E-state index in [0.717, 1.165) is 41.8 Å². The lowest BCUT2D eigenvalue weighted by Gasteiger charge is -2.03. The molecule has 1 N–H and O–H groups in total. The van der Waals surface area contributed by atoms with Crippen molar-refractivity contribution in [1.82, 2.24) is 24.6 Å². The summed E-state index contributed by atoms with van der Waals surface area (Å²) in [6, 6.07) is 0. The quantitative estimate of drug-likeness (QED) is 0.880. The molecule has 2 aromatic heterocycles. The number of halogens is 1. The summed E-state index contributed by atoms with van der Waals surface area (Å²) in [4.78, 5) is 4.41. The summed E-state index contributed by atoms with van der Waals surface area (Å²) >= 11 is 3.64. The third-order valence-corrected chi connectivity index (χ3v) is 4.07. The van der Waals surface area contributed by atoms with Crippen LogP contribution >= 0.6 is 15.9 Å². The maximum Gasteiger partial charge on any atom is 0.0953 e. The van der Waals surface area contributed by atoms with E-state index in [0.29, 0.717) is 0 Å². The molecule has 0 radical (unpaired) electrons. The van der Waals surface area contributed by atoms with Gasteiger partial charge in [-0.05, 0) is 29.4 Å². The van der Waals surface area contributed by atoms with Gasteiger partial charge in [0.2, 0.25) is 0 Å². The summed E-state index contributed by atoms with van der Waals surface area (Å²) in [5.74, 6) is 0. The molecular formula is C13H20BrN5. The zero-order valence-electron chi connectivity index (χ0n) is 11.6. The van der Waals surface area contributed by atoms with Crippen molar-refractivity contribution >= 4 is 15.9 Å². The summed E-state index contributed by atoms with van der Waals surface area (Å²) in [6.07, 6.45) is 5.88. The van der Waals surface area contributed by atoms with Crippen LogP contribution in [-0.2, 0) is 26.4 Å². The second-order valence-electron chi connectivity index (χ2n) is 4.58. The van der Waals surface area contributed by atoms with E-state index in [1.807, 2.05) is 25.1 Å². The molecule has 2 rings (SSSR count). The topological polar surface area (TPSA) is 47.7 Å². The molecule has 0 fully saturated rings. The van der Waals surface area contributed by atoms with E-state index in [9.17, 15) is 0 Å². The van der Waals surface area contributed by atoms with Crippen LogP contribution in [0.1, 0.15) is 24.0 Å². The molecule has 0 saturated heterocycles. The first kappa shape index (κ1) is 14.3. The lowest BCUT2D eigenvalue weighted by molar-refractivity contribution is 0.658. The molecule has 2 heterocycles. The van der Waals surface area contributed by atoms with Crippen LogP contribution < -0.4 is 5.32 Å². The molecule has 0 spiro atoms. The van der Waals surface area contributed by atoms with Crippen molar-refractivity contribution in [1.29, 1.82) is 0 Å². The molecule has 0 bridgehead atoms. The van der Waals surface area contributed by atoms with E-state index < -0.39 is 0 Å². The normalized spacial score (nSPS) is 11.2.